The quantitative estimate of drug-likeness (QED) is 0.741. The highest BCUT2D eigenvalue weighted by atomic mass is 16.1. The van der Waals surface area contributed by atoms with Gasteiger partial charge in [0.1, 0.15) is 0 Å². The predicted molar refractivity (Wildman–Crippen MR) is 57.8 cm³/mol. The highest BCUT2D eigenvalue weighted by Crippen LogP contribution is 2.29. The molecule has 14 heavy (non-hydrogen) atoms. The van der Waals surface area contributed by atoms with Crippen molar-refractivity contribution in [2.75, 3.05) is 19.6 Å². The van der Waals surface area contributed by atoms with E-state index in [0.29, 0.717) is 12.0 Å². The van der Waals surface area contributed by atoms with Gasteiger partial charge in [0.15, 0.2) is 0 Å². The molecular weight excluding hydrogens is 176 g/mol. The van der Waals surface area contributed by atoms with Crippen molar-refractivity contribution in [3.63, 3.8) is 0 Å². The average molecular weight is 198 g/mol. The number of rotatable bonds is 3. The Morgan fingerprint density at radius 2 is 2.14 bits per heavy atom. The molecule has 0 radical (unpaired) electrons. The SMILES string of the molecule is CC(C)(C)CC1CCN(CC(N)=O)C1. The first-order valence-electron chi connectivity index (χ1n) is 5.37. The lowest BCUT2D eigenvalue weighted by atomic mass is 9.84. The molecule has 1 fully saturated rings. The first kappa shape index (κ1) is 11.5. The van der Waals surface area contributed by atoms with Gasteiger partial charge in [0.05, 0.1) is 6.54 Å². The van der Waals surface area contributed by atoms with Crippen LogP contribution in [0.2, 0.25) is 0 Å². The van der Waals surface area contributed by atoms with Gasteiger partial charge in [-0.25, -0.2) is 0 Å². The third kappa shape index (κ3) is 4.09. The van der Waals surface area contributed by atoms with Crippen LogP contribution in [0.4, 0.5) is 0 Å². The number of amides is 1. The van der Waals surface area contributed by atoms with E-state index in [0.717, 1.165) is 19.0 Å². The second-order valence-electron chi connectivity index (χ2n) is 5.62. The molecule has 1 amide bonds. The predicted octanol–water partition coefficient (Wildman–Crippen LogP) is 1.23. The van der Waals surface area contributed by atoms with Crippen molar-refractivity contribution in [1.82, 2.24) is 4.90 Å². The minimum atomic E-state index is -0.207. The van der Waals surface area contributed by atoms with Crippen LogP contribution >= 0.6 is 0 Å². The summed E-state index contributed by atoms with van der Waals surface area (Å²) in [6.45, 7) is 9.31. The van der Waals surface area contributed by atoms with Crippen molar-refractivity contribution in [2.24, 2.45) is 17.1 Å². The van der Waals surface area contributed by atoms with E-state index < -0.39 is 0 Å². The molecule has 0 saturated carbocycles. The third-order valence-electron chi connectivity index (χ3n) is 2.65. The summed E-state index contributed by atoms with van der Waals surface area (Å²) in [6, 6.07) is 0. The smallest absolute Gasteiger partial charge is 0.231 e. The molecule has 1 aliphatic heterocycles. The average Bonchev–Trinajstić information content (AvgIpc) is 2.30. The largest absolute Gasteiger partial charge is 0.369 e. The molecule has 0 aromatic carbocycles. The van der Waals surface area contributed by atoms with Crippen LogP contribution in [0.5, 0.6) is 0 Å². The van der Waals surface area contributed by atoms with E-state index in [1.807, 2.05) is 0 Å². The van der Waals surface area contributed by atoms with E-state index in [9.17, 15) is 4.79 Å². The van der Waals surface area contributed by atoms with E-state index in [4.69, 9.17) is 5.73 Å². The lowest BCUT2D eigenvalue weighted by molar-refractivity contribution is -0.118. The van der Waals surface area contributed by atoms with E-state index in [1.54, 1.807) is 0 Å². The maximum absolute atomic E-state index is 10.7. The maximum Gasteiger partial charge on any atom is 0.231 e. The molecule has 1 unspecified atom stereocenters. The van der Waals surface area contributed by atoms with Crippen molar-refractivity contribution >= 4 is 5.91 Å². The Labute approximate surface area is 86.6 Å². The fourth-order valence-electron chi connectivity index (χ4n) is 2.31. The zero-order chi connectivity index (χ0) is 10.8. The third-order valence-corrected chi connectivity index (χ3v) is 2.65. The first-order valence-corrected chi connectivity index (χ1v) is 5.37. The molecule has 1 atom stereocenters. The van der Waals surface area contributed by atoms with Gasteiger partial charge in [0, 0.05) is 6.54 Å². The Kier molecular flexibility index (Phi) is 3.53. The number of likely N-dealkylation sites (tertiary alicyclic amines) is 1. The van der Waals surface area contributed by atoms with Crippen molar-refractivity contribution in [3.05, 3.63) is 0 Å². The molecule has 1 heterocycles. The van der Waals surface area contributed by atoms with Crippen molar-refractivity contribution < 1.29 is 4.79 Å². The molecule has 82 valence electrons. The summed E-state index contributed by atoms with van der Waals surface area (Å²) in [6.07, 6.45) is 2.45. The Hall–Kier alpha value is -0.570. The standard InChI is InChI=1S/C11H22N2O/c1-11(2,3)6-9-4-5-13(7-9)8-10(12)14/h9H,4-8H2,1-3H3,(H2,12,14). The highest BCUT2D eigenvalue weighted by molar-refractivity contribution is 5.75. The topological polar surface area (TPSA) is 46.3 Å². The van der Waals surface area contributed by atoms with Crippen LogP contribution in [-0.2, 0) is 4.79 Å². The van der Waals surface area contributed by atoms with Gasteiger partial charge in [-0.1, -0.05) is 20.8 Å². The van der Waals surface area contributed by atoms with Crippen LogP contribution in [0.25, 0.3) is 0 Å². The zero-order valence-corrected chi connectivity index (χ0v) is 9.55. The molecular formula is C11H22N2O. The monoisotopic (exact) mass is 198 g/mol. The lowest BCUT2D eigenvalue weighted by Gasteiger charge is -2.22. The Balaban J connectivity index is 2.31. The normalized spacial score (nSPS) is 24.1. The molecule has 0 spiro atoms. The summed E-state index contributed by atoms with van der Waals surface area (Å²) in [5.41, 5.74) is 5.56. The molecule has 2 N–H and O–H groups in total. The van der Waals surface area contributed by atoms with Crippen LogP contribution in [-0.4, -0.2) is 30.4 Å². The van der Waals surface area contributed by atoms with Crippen molar-refractivity contribution in [3.8, 4) is 0 Å². The molecule has 0 bridgehead atoms. The molecule has 0 aromatic rings. The lowest BCUT2D eigenvalue weighted by Crippen LogP contribution is -2.32. The van der Waals surface area contributed by atoms with Gasteiger partial charge in [-0.15, -0.1) is 0 Å². The summed E-state index contributed by atoms with van der Waals surface area (Å²) in [4.78, 5) is 12.9. The van der Waals surface area contributed by atoms with Gasteiger partial charge in [0.25, 0.3) is 0 Å². The second-order valence-corrected chi connectivity index (χ2v) is 5.62. The van der Waals surface area contributed by atoms with E-state index in [2.05, 4.69) is 25.7 Å². The van der Waals surface area contributed by atoms with Gasteiger partial charge in [0.2, 0.25) is 5.91 Å². The summed E-state index contributed by atoms with van der Waals surface area (Å²) < 4.78 is 0. The number of carbonyl (C=O) groups excluding carboxylic acids is 1. The highest BCUT2D eigenvalue weighted by Gasteiger charge is 2.26. The Morgan fingerprint density at radius 1 is 1.50 bits per heavy atom. The second kappa shape index (κ2) is 4.30. The molecule has 1 saturated heterocycles. The molecule has 1 aliphatic rings. The first-order chi connectivity index (χ1) is 6.37. The minimum Gasteiger partial charge on any atom is -0.369 e. The zero-order valence-electron chi connectivity index (χ0n) is 9.55. The molecule has 0 aliphatic carbocycles. The van der Waals surface area contributed by atoms with E-state index in [1.165, 1.54) is 12.8 Å². The van der Waals surface area contributed by atoms with Crippen LogP contribution in [0, 0.1) is 11.3 Å². The summed E-state index contributed by atoms with van der Waals surface area (Å²) in [5.74, 6) is 0.538. The molecule has 1 rings (SSSR count). The van der Waals surface area contributed by atoms with Gasteiger partial charge >= 0.3 is 0 Å². The molecule has 3 nitrogen and oxygen atoms in total. The Bertz CT molecular complexity index is 208. The van der Waals surface area contributed by atoms with E-state index in [-0.39, 0.29) is 5.91 Å². The Morgan fingerprint density at radius 3 is 2.64 bits per heavy atom. The number of primary amides is 1. The van der Waals surface area contributed by atoms with Crippen molar-refractivity contribution in [2.45, 2.75) is 33.6 Å². The number of carbonyl (C=O) groups is 1. The van der Waals surface area contributed by atoms with Crippen LogP contribution in [0.15, 0.2) is 0 Å². The summed E-state index contributed by atoms with van der Waals surface area (Å²) in [7, 11) is 0. The number of hydrogen-bond donors (Lipinski definition) is 1. The summed E-state index contributed by atoms with van der Waals surface area (Å²) in [5, 5.41) is 0. The summed E-state index contributed by atoms with van der Waals surface area (Å²) >= 11 is 0. The fourth-order valence-corrected chi connectivity index (χ4v) is 2.31. The van der Waals surface area contributed by atoms with Crippen LogP contribution in [0.1, 0.15) is 33.6 Å². The number of nitrogens with two attached hydrogens (primary N) is 1. The van der Waals surface area contributed by atoms with Gasteiger partial charge in [-0.05, 0) is 30.7 Å². The van der Waals surface area contributed by atoms with E-state index >= 15 is 0 Å². The van der Waals surface area contributed by atoms with Crippen LogP contribution < -0.4 is 5.73 Å². The minimum absolute atomic E-state index is 0.207. The van der Waals surface area contributed by atoms with Crippen molar-refractivity contribution in [1.29, 1.82) is 0 Å². The molecule has 0 aromatic heterocycles. The maximum atomic E-state index is 10.7. The van der Waals surface area contributed by atoms with Gasteiger partial charge in [-0.2, -0.15) is 0 Å². The van der Waals surface area contributed by atoms with Gasteiger partial charge in [-0.3, -0.25) is 9.69 Å². The van der Waals surface area contributed by atoms with Crippen LogP contribution in [0.3, 0.4) is 0 Å². The fraction of sp³-hybridized carbons (Fsp3) is 0.909. The molecule has 3 heteroatoms. The number of hydrogen-bond acceptors (Lipinski definition) is 2. The van der Waals surface area contributed by atoms with Gasteiger partial charge < -0.3 is 5.73 Å². The number of nitrogens with zero attached hydrogens (tertiary/aromatic N) is 1.